The number of hydrogen-bond acceptors (Lipinski definition) is 2. The standard InChI is InChI=1S/C9H9F3N2/c10-9(11,12)7-2-1-3-8(14-7)13-6-4-5-6/h1-3,6H,4-5H2,(H,13,14). The molecule has 1 aromatic rings. The summed E-state index contributed by atoms with van der Waals surface area (Å²) in [5.74, 6) is 0.308. The second kappa shape index (κ2) is 3.15. The first-order valence-electron chi connectivity index (χ1n) is 4.36. The Labute approximate surface area is 79.2 Å². The Morgan fingerprint density at radius 2 is 2.00 bits per heavy atom. The molecule has 1 N–H and O–H groups in total. The molecule has 0 bridgehead atoms. The predicted molar refractivity (Wildman–Crippen MR) is 45.9 cm³/mol. The predicted octanol–water partition coefficient (Wildman–Crippen LogP) is 2.67. The Balaban J connectivity index is 2.17. The van der Waals surface area contributed by atoms with Crippen LogP contribution in [0.4, 0.5) is 19.0 Å². The van der Waals surface area contributed by atoms with Gasteiger partial charge in [0.25, 0.3) is 0 Å². The van der Waals surface area contributed by atoms with Crippen molar-refractivity contribution in [3.8, 4) is 0 Å². The third kappa shape index (κ3) is 2.16. The average Bonchev–Trinajstić information content (AvgIpc) is 2.87. The van der Waals surface area contributed by atoms with Gasteiger partial charge in [-0.05, 0) is 25.0 Å². The fourth-order valence-electron chi connectivity index (χ4n) is 1.11. The largest absolute Gasteiger partial charge is 0.433 e. The molecule has 1 heterocycles. The summed E-state index contributed by atoms with van der Waals surface area (Å²) < 4.78 is 36.7. The number of hydrogen-bond donors (Lipinski definition) is 1. The minimum absolute atomic E-state index is 0.308. The third-order valence-electron chi connectivity index (χ3n) is 1.97. The van der Waals surface area contributed by atoms with Gasteiger partial charge in [-0.15, -0.1) is 0 Å². The van der Waals surface area contributed by atoms with E-state index in [1.807, 2.05) is 0 Å². The van der Waals surface area contributed by atoms with Gasteiger partial charge in [0.2, 0.25) is 0 Å². The van der Waals surface area contributed by atoms with Crippen molar-refractivity contribution in [1.29, 1.82) is 0 Å². The van der Waals surface area contributed by atoms with Crippen molar-refractivity contribution >= 4 is 5.82 Å². The van der Waals surface area contributed by atoms with E-state index in [2.05, 4.69) is 10.3 Å². The van der Waals surface area contributed by atoms with Crippen LogP contribution < -0.4 is 5.32 Å². The molecule has 0 atom stereocenters. The molecule has 0 spiro atoms. The molecular formula is C9H9F3N2. The lowest BCUT2D eigenvalue weighted by Crippen LogP contribution is -2.10. The highest BCUT2D eigenvalue weighted by Crippen LogP contribution is 2.29. The van der Waals surface area contributed by atoms with Gasteiger partial charge in [0.05, 0.1) is 0 Å². The van der Waals surface area contributed by atoms with Gasteiger partial charge in [0.1, 0.15) is 11.5 Å². The fraction of sp³-hybridized carbons (Fsp3) is 0.444. The topological polar surface area (TPSA) is 24.9 Å². The molecule has 0 amide bonds. The molecule has 1 saturated carbocycles. The zero-order valence-electron chi connectivity index (χ0n) is 7.30. The quantitative estimate of drug-likeness (QED) is 0.797. The van der Waals surface area contributed by atoms with Gasteiger partial charge in [0, 0.05) is 6.04 Å². The fourth-order valence-corrected chi connectivity index (χ4v) is 1.11. The van der Waals surface area contributed by atoms with E-state index in [0.717, 1.165) is 18.9 Å². The number of alkyl halides is 3. The first kappa shape index (κ1) is 9.30. The second-order valence-corrected chi connectivity index (χ2v) is 3.32. The molecule has 14 heavy (non-hydrogen) atoms. The molecule has 0 saturated heterocycles. The number of anilines is 1. The molecule has 0 radical (unpaired) electrons. The Bertz CT molecular complexity index is 331. The summed E-state index contributed by atoms with van der Waals surface area (Å²) in [6.45, 7) is 0. The Hall–Kier alpha value is -1.26. The SMILES string of the molecule is FC(F)(F)c1cccc(NC2CC2)n1. The number of halogens is 3. The van der Waals surface area contributed by atoms with Crippen LogP contribution in [0.1, 0.15) is 18.5 Å². The van der Waals surface area contributed by atoms with Crippen molar-refractivity contribution < 1.29 is 13.2 Å². The normalized spacial score (nSPS) is 16.8. The van der Waals surface area contributed by atoms with Gasteiger partial charge < -0.3 is 5.32 Å². The number of nitrogens with zero attached hydrogens (tertiary/aromatic N) is 1. The number of nitrogens with one attached hydrogen (secondary N) is 1. The summed E-state index contributed by atoms with van der Waals surface area (Å²) in [7, 11) is 0. The van der Waals surface area contributed by atoms with Crippen LogP contribution in [0, 0.1) is 0 Å². The van der Waals surface area contributed by atoms with Crippen molar-refractivity contribution in [1.82, 2.24) is 4.98 Å². The Morgan fingerprint density at radius 1 is 1.29 bits per heavy atom. The van der Waals surface area contributed by atoms with E-state index in [9.17, 15) is 13.2 Å². The molecule has 1 aliphatic carbocycles. The van der Waals surface area contributed by atoms with Crippen molar-refractivity contribution in [2.24, 2.45) is 0 Å². The van der Waals surface area contributed by atoms with Crippen LogP contribution in [-0.4, -0.2) is 11.0 Å². The molecule has 0 unspecified atom stereocenters. The third-order valence-corrected chi connectivity index (χ3v) is 1.97. The van der Waals surface area contributed by atoms with Crippen LogP contribution in [0.3, 0.4) is 0 Å². The van der Waals surface area contributed by atoms with Crippen LogP contribution in [0.5, 0.6) is 0 Å². The zero-order valence-corrected chi connectivity index (χ0v) is 7.30. The maximum Gasteiger partial charge on any atom is 0.433 e. The van der Waals surface area contributed by atoms with Gasteiger partial charge in [0.15, 0.2) is 0 Å². The van der Waals surface area contributed by atoms with Crippen molar-refractivity contribution in [3.05, 3.63) is 23.9 Å². The van der Waals surface area contributed by atoms with Gasteiger partial charge >= 0.3 is 6.18 Å². The lowest BCUT2D eigenvalue weighted by molar-refractivity contribution is -0.141. The maximum absolute atomic E-state index is 12.2. The minimum atomic E-state index is -4.36. The molecular weight excluding hydrogens is 193 g/mol. The molecule has 0 aromatic carbocycles. The van der Waals surface area contributed by atoms with Gasteiger partial charge in [-0.25, -0.2) is 4.98 Å². The average molecular weight is 202 g/mol. The monoisotopic (exact) mass is 202 g/mol. The molecule has 76 valence electrons. The second-order valence-electron chi connectivity index (χ2n) is 3.32. The molecule has 2 rings (SSSR count). The highest BCUT2D eigenvalue weighted by atomic mass is 19.4. The summed E-state index contributed by atoms with van der Waals surface area (Å²) in [6.07, 6.45) is -2.34. The van der Waals surface area contributed by atoms with Gasteiger partial charge in [-0.2, -0.15) is 13.2 Å². The van der Waals surface area contributed by atoms with Crippen molar-refractivity contribution in [3.63, 3.8) is 0 Å². The van der Waals surface area contributed by atoms with E-state index in [1.165, 1.54) is 6.07 Å². The maximum atomic E-state index is 12.2. The number of aromatic nitrogens is 1. The lowest BCUT2D eigenvalue weighted by Gasteiger charge is -2.08. The first-order valence-corrected chi connectivity index (χ1v) is 4.36. The summed E-state index contributed by atoms with van der Waals surface area (Å²) in [5, 5.41) is 2.92. The van der Waals surface area contributed by atoms with E-state index in [4.69, 9.17) is 0 Å². The van der Waals surface area contributed by atoms with Crippen LogP contribution in [-0.2, 0) is 6.18 Å². The summed E-state index contributed by atoms with van der Waals surface area (Å²) in [6, 6.07) is 4.19. The molecule has 0 aliphatic heterocycles. The Morgan fingerprint density at radius 3 is 2.57 bits per heavy atom. The highest BCUT2D eigenvalue weighted by molar-refractivity contribution is 5.38. The van der Waals surface area contributed by atoms with Crippen LogP contribution in [0.15, 0.2) is 18.2 Å². The lowest BCUT2D eigenvalue weighted by atomic mass is 10.3. The number of rotatable bonds is 2. The minimum Gasteiger partial charge on any atom is -0.367 e. The molecule has 1 fully saturated rings. The first-order chi connectivity index (χ1) is 6.55. The summed E-state index contributed by atoms with van der Waals surface area (Å²) >= 11 is 0. The van der Waals surface area contributed by atoms with Crippen molar-refractivity contribution in [2.75, 3.05) is 5.32 Å². The van der Waals surface area contributed by atoms with Gasteiger partial charge in [-0.3, -0.25) is 0 Å². The van der Waals surface area contributed by atoms with Crippen LogP contribution in [0.25, 0.3) is 0 Å². The zero-order chi connectivity index (χ0) is 10.2. The molecule has 1 aliphatic rings. The van der Waals surface area contributed by atoms with Crippen molar-refractivity contribution in [2.45, 2.75) is 25.1 Å². The van der Waals surface area contributed by atoms with Crippen LogP contribution in [0.2, 0.25) is 0 Å². The summed E-state index contributed by atoms with van der Waals surface area (Å²) in [4.78, 5) is 3.49. The van der Waals surface area contributed by atoms with E-state index in [0.29, 0.717) is 11.9 Å². The Kier molecular flexibility index (Phi) is 2.09. The van der Waals surface area contributed by atoms with E-state index in [1.54, 1.807) is 6.07 Å². The summed E-state index contributed by atoms with van der Waals surface area (Å²) in [5.41, 5.74) is -0.844. The van der Waals surface area contributed by atoms with Crippen LogP contribution >= 0.6 is 0 Å². The smallest absolute Gasteiger partial charge is 0.367 e. The number of pyridine rings is 1. The molecule has 5 heteroatoms. The molecule has 1 aromatic heterocycles. The van der Waals surface area contributed by atoms with E-state index >= 15 is 0 Å². The highest BCUT2D eigenvalue weighted by Gasteiger charge is 2.32. The molecule has 2 nitrogen and oxygen atoms in total. The van der Waals surface area contributed by atoms with E-state index in [-0.39, 0.29) is 0 Å². The van der Waals surface area contributed by atoms with Gasteiger partial charge in [-0.1, -0.05) is 6.07 Å². The van der Waals surface area contributed by atoms with E-state index < -0.39 is 11.9 Å².